The Bertz CT molecular complexity index is 285. The minimum atomic E-state index is 0.330. The maximum absolute atomic E-state index is 5.45. The molecule has 2 rings (SSSR count). The Balaban J connectivity index is 2.08. The van der Waals surface area contributed by atoms with Crippen LogP contribution >= 0.6 is 0 Å². The molecule has 72 valence electrons. The van der Waals surface area contributed by atoms with Gasteiger partial charge in [-0.2, -0.15) is 0 Å². The number of nitrogens with zero attached hydrogens (tertiary/aromatic N) is 1. The van der Waals surface area contributed by atoms with Crippen LogP contribution < -0.4 is 5.73 Å². The maximum Gasteiger partial charge on any atom is 0.208 e. The van der Waals surface area contributed by atoms with Gasteiger partial charge in [-0.3, -0.25) is 0 Å². The molecule has 0 saturated carbocycles. The van der Waals surface area contributed by atoms with Gasteiger partial charge in [-0.15, -0.1) is 0 Å². The van der Waals surface area contributed by atoms with Crippen molar-refractivity contribution in [1.29, 1.82) is 0 Å². The van der Waals surface area contributed by atoms with Crippen molar-refractivity contribution in [3.63, 3.8) is 0 Å². The second-order valence-corrected chi connectivity index (χ2v) is 3.44. The van der Waals surface area contributed by atoms with Crippen LogP contribution in [0.1, 0.15) is 30.9 Å². The quantitative estimate of drug-likeness (QED) is 0.742. The van der Waals surface area contributed by atoms with Crippen molar-refractivity contribution in [3.05, 3.63) is 17.8 Å². The Kier molecular flexibility index (Phi) is 2.33. The highest BCUT2D eigenvalue weighted by Gasteiger charge is 2.26. The maximum atomic E-state index is 5.45. The lowest BCUT2D eigenvalue weighted by atomic mass is 10.0. The second kappa shape index (κ2) is 3.47. The van der Waals surface area contributed by atoms with Crippen molar-refractivity contribution in [1.82, 2.24) is 4.98 Å². The highest BCUT2D eigenvalue weighted by molar-refractivity contribution is 5.04. The molecular formula is C9H14N2O2. The number of oxazole rings is 1. The Morgan fingerprint density at radius 1 is 1.69 bits per heavy atom. The van der Waals surface area contributed by atoms with Gasteiger partial charge in [-0.05, 0) is 13.3 Å². The molecule has 13 heavy (non-hydrogen) atoms. The molecule has 1 aliphatic rings. The first-order valence-corrected chi connectivity index (χ1v) is 4.56. The van der Waals surface area contributed by atoms with Gasteiger partial charge in [0, 0.05) is 5.92 Å². The van der Waals surface area contributed by atoms with Crippen LogP contribution in [0.15, 0.2) is 10.6 Å². The topological polar surface area (TPSA) is 61.3 Å². The summed E-state index contributed by atoms with van der Waals surface area (Å²) in [5.41, 5.74) is 5.40. The molecule has 0 spiro atoms. The summed E-state index contributed by atoms with van der Waals surface area (Å²) in [6.07, 6.45) is 3.10. The van der Waals surface area contributed by atoms with Crippen LogP contribution in [0.2, 0.25) is 0 Å². The molecule has 0 bridgehead atoms. The first-order valence-electron chi connectivity index (χ1n) is 4.56. The zero-order chi connectivity index (χ0) is 9.26. The van der Waals surface area contributed by atoms with E-state index >= 15 is 0 Å². The third-order valence-electron chi connectivity index (χ3n) is 2.35. The summed E-state index contributed by atoms with van der Waals surface area (Å²) in [7, 11) is 0. The van der Waals surface area contributed by atoms with E-state index in [4.69, 9.17) is 14.9 Å². The lowest BCUT2D eigenvalue weighted by Gasteiger charge is -2.00. The van der Waals surface area contributed by atoms with Crippen molar-refractivity contribution >= 4 is 0 Å². The van der Waals surface area contributed by atoms with Gasteiger partial charge in [0.1, 0.15) is 5.76 Å². The number of ether oxygens (including phenoxy) is 1. The number of hydrogen-bond acceptors (Lipinski definition) is 4. The van der Waals surface area contributed by atoms with Crippen molar-refractivity contribution in [2.75, 3.05) is 6.61 Å². The average Bonchev–Trinajstić information content (AvgIpc) is 2.71. The van der Waals surface area contributed by atoms with E-state index in [9.17, 15) is 0 Å². The molecule has 1 saturated heterocycles. The van der Waals surface area contributed by atoms with Crippen molar-refractivity contribution < 1.29 is 9.15 Å². The van der Waals surface area contributed by atoms with Crippen LogP contribution in [0, 0.1) is 0 Å². The Hall–Kier alpha value is -0.870. The number of rotatable bonds is 2. The lowest BCUT2D eigenvalue weighted by Crippen LogP contribution is -1.97. The highest BCUT2D eigenvalue weighted by atomic mass is 16.5. The van der Waals surface area contributed by atoms with Crippen LogP contribution in [0.25, 0.3) is 0 Å². The fourth-order valence-electron chi connectivity index (χ4n) is 1.62. The van der Waals surface area contributed by atoms with Gasteiger partial charge in [0.05, 0.1) is 25.5 Å². The standard InChI is InChI=1S/C9H14N2O2/c1-6-2-7(5-12-6)8-4-11-9(3-10)13-8/h4,6-7H,2-3,5,10H2,1H3. The first-order chi connectivity index (χ1) is 6.29. The number of nitrogens with two attached hydrogens (primary N) is 1. The van der Waals surface area contributed by atoms with Crippen molar-refractivity contribution in [2.45, 2.75) is 31.9 Å². The van der Waals surface area contributed by atoms with Crippen LogP contribution in [0.3, 0.4) is 0 Å². The third-order valence-corrected chi connectivity index (χ3v) is 2.35. The summed E-state index contributed by atoms with van der Waals surface area (Å²) in [4.78, 5) is 4.06. The van der Waals surface area contributed by atoms with Crippen LogP contribution in [-0.2, 0) is 11.3 Å². The van der Waals surface area contributed by atoms with Gasteiger partial charge in [-0.1, -0.05) is 0 Å². The summed E-state index contributed by atoms with van der Waals surface area (Å²) in [6, 6.07) is 0. The van der Waals surface area contributed by atoms with Crippen LogP contribution in [0.5, 0.6) is 0 Å². The average molecular weight is 182 g/mol. The molecule has 0 amide bonds. The van der Waals surface area contributed by atoms with E-state index < -0.39 is 0 Å². The normalized spacial score (nSPS) is 28.2. The lowest BCUT2D eigenvalue weighted by molar-refractivity contribution is 0.122. The van der Waals surface area contributed by atoms with E-state index in [2.05, 4.69) is 11.9 Å². The summed E-state index contributed by atoms with van der Waals surface area (Å²) in [5, 5.41) is 0. The molecule has 0 aliphatic carbocycles. The third kappa shape index (κ3) is 1.73. The van der Waals surface area contributed by atoms with E-state index in [1.807, 2.05) is 0 Å². The monoisotopic (exact) mass is 182 g/mol. The summed E-state index contributed by atoms with van der Waals surface area (Å²) in [5.74, 6) is 1.88. The van der Waals surface area contributed by atoms with Gasteiger partial charge in [-0.25, -0.2) is 4.98 Å². The Morgan fingerprint density at radius 2 is 2.54 bits per heavy atom. The molecule has 0 radical (unpaired) electrons. The van der Waals surface area contributed by atoms with Gasteiger partial charge in [0.25, 0.3) is 0 Å². The molecule has 1 aromatic heterocycles. The minimum absolute atomic E-state index is 0.330. The highest BCUT2D eigenvalue weighted by Crippen LogP contribution is 2.29. The van der Waals surface area contributed by atoms with E-state index in [0.29, 0.717) is 24.5 Å². The molecule has 1 fully saturated rings. The molecule has 1 aromatic rings. The van der Waals surface area contributed by atoms with E-state index in [0.717, 1.165) is 18.8 Å². The van der Waals surface area contributed by atoms with Crippen molar-refractivity contribution in [3.8, 4) is 0 Å². The molecular weight excluding hydrogens is 168 g/mol. The Labute approximate surface area is 77.1 Å². The first kappa shape index (κ1) is 8.72. The number of hydrogen-bond donors (Lipinski definition) is 1. The molecule has 2 N–H and O–H groups in total. The SMILES string of the molecule is CC1CC(c2cnc(CN)o2)CO1. The predicted molar refractivity (Wildman–Crippen MR) is 47.2 cm³/mol. The van der Waals surface area contributed by atoms with Crippen LogP contribution in [-0.4, -0.2) is 17.7 Å². The van der Waals surface area contributed by atoms with E-state index in [-0.39, 0.29) is 0 Å². The van der Waals surface area contributed by atoms with E-state index in [1.165, 1.54) is 0 Å². The second-order valence-electron chi connectivity index (χ2n) is 3.44. The minimum Gasteiger partial charge on any atom is -0.444 e. The fourth-order valence-corrected chi connectivity index (χ4v) is 1.62. The molecule has 2 heterocycles. The van der Waals surface area contributed by atoms with Gasteiger partial charge in [0.2, 0.25) is 5.89 Å². The zero-order valence-corrected chi connectivity index (χ0v) is 7.69. The van der Waals surface area contributed by atoms with Crippen molar-refractivity contribution in [2.24, 2.45) is 5.73 Å². The Morgan fingerprint density at radius 3 is 3.08 bits per heavy atom. The van der Waals surface area contributed by atoms with Crippen LogP contribution in [0.4, 0.5) is 0 Å². The van der Waals surface area contributed by atoms with Gasteiger partial charge in [0.15, 0.2) is 0 Å². The summed E-state index contributed by atoms with van der Waals surface area (Å²) in [6.45, 7) is 3.17. The predicted octanol–water partition coefficient (Wildman–Crippen LogP) is 1.03. The number of aromatic nitrogens is 1. The molecule has 0 aromatic carbocycles. The van der Waals surface area contributed by atoms with Gasteiger partial charge >= 0.3 is 0 Å². The molecule has 4 nitrogen and oxygen atoms in total. The van der Waals surface area contributed by atoms with E-state index in [1.54, 1.807) is 6.20 Å². The summed E-state index contributed by atoms with van der Waals surface area (Å²) >= 11 is 0. The molecule has 1 aliphatic heterocycles. The molecule has 2 unspecified atom stereocenters. The smallest absolute Gasteiger partial charge is 0.208 e. The largest absolute Gasteiger partial charge is 0.444 e. The summed E-state index contributed by atoms with van der Waals surface area (Å²) < 4.78 is 10.9. The molecule has 4 heteroatoms. The zero-order valence-electron chi connectivity index (χ0n) is 7.69. The fraction of sp³-hybridized carbons (Fsp3) is 0.667. The molecule has 2 atom stereocenters. The van der Waals surface area contributed by atoms with Gasteiger partial charge < -0.3 is 14.9 Å².